The summed E-state index contributed by atoms with van der Waals surface area (Å²) in [6.07, 6.45) is 1.50. The Balaban J connectivity index is 2.25. The van der Waals surface area contributed by atoms with Gasteiger partial charge in [0.25, 0.3) is 0 Å². The standard InChI is InChI=1S/C10H19N3O/c1-8(2)10(14)7-11-6-9-4-5-12-13(9)3/h4-5,8,10-11,14H,6-7H2,1-3H3. The van der Waals surface area contributed by atoms with Crippen molar-refractivity contribution in [1.29, 1.82) is 0 Å². The fourth-order valence-electron chi connectivity index (χ4n) is 1.16. The highest BCUT2D eigenvalue weighted by atomic mass is 16.3. The molecule has 80 valence electrons. The lowest BCUT2D eigenvalue weighted by atomic mass is 10.1. The normalized spacial score (nSPS) is 13.5. The van der Waals surface area contributed by atoms with Crippen molar-refractivity contribution in [2.75, 3.05) is 6.54 Å². The Bertz CT molecular complexity index is 270. The molecule has 0 aromatic carbocycles. The van der Waals surface area contributed by atoms with E-state index in [-0.39, 0.29) is 6.10 Å². The molecule has 1 rings (SSSR count). The number of rotatable bonds is 5. The quantitative estimate of drug-likeness (QED) is 0.724. The zero-order chi connectivity index (χ0) is 10.6. The van der Waals surface area contributed by atoms with E-state index in [2.05, 4.69) is 10.4 Å². The molecule has 14 heavy (non-hydrogen) atoms. The zero-order valence-corrected chi connectivity index (χ0v) is 9.07. The molecule has 0 spiro atoms. The zero-order valence-electron chi connectivity index (χ0n) is 9.07. The molecule has 2 N–H and O–H groups in total. The lowest BCUT2D eigenvalue weighted by Gasteiger charge is -2.14. The summed E-state index contributed by atoms with van der Waals surface area (Å²) in [5.41, 5.74) is 1.13. The van der Waals surface area contributed by atoms with Crippen LogP contribution in [0.15, 0.2) is 12.3 Å². The van der Waals surface area contributed by atoms with E-state index in [9.17, 15) is 5.11 Å². The molecule has 4 heteroatoms. The molecule has 0 amide bonds. The van der Waals surface area contributed by atoms with Gasteiger partial charge in [0.2, 0.25) is 0 Å². The second-order valence-electron chi connectivity index (χ2n) is 3.89. The Morgan fingerprint density at radius 2 is 2.29 bits per heavy atom. The molecular weight excluding hydrogens is 178 g/mol. The maximum Gasteiger partial charge on any atom is 0.0687 e. The molecular formula is C10H19N3O. The van der Waals surface area contributed by atoms with Crippen LogP contribution in [0.3, 0.4) is 0 Å². The van der Waals surface area contributed by atoms with Gasteiger partial charge in [-0.25, -0.2) is 0 Å². The van der Waals surface area contributed by atoms with E-state index in [0.717, 1.165) is 12.2 Å². The fourth-order valence-corrected chi connectivity index (χ4v) is 1.16. The second kappa shape index (κ2) is 5.12. The van der Waals surface area contributed by atoms with E-state index in [1.54, 1.807) is 6.20 Å². The highest BCUT2D eigenvalue weighted by Crippen LogP contribution is 2.00. The van der Waals surface area contributed by atoms with Gasteiger partial charge in [-0.05, 0) is 12.0 Å². The molecule has 4 nitrogen and oxygen atoms in total. The molecule has 0 bridgehead atoms. The summed E-state index contributed by atoms with van der Waals surface area (Å²) in [4.78, 5) is 0. The molecule has 0 radical (unpaired) electrons. The van der Waals surface area contributed by atoms with Gasteiger partial charge in [-0.15, -0.1) is 0 Å². The minimum absolute atomic E-state index is 0.275. The minimum atomic E-state index is -0.275. The van der Waals surface area contributed by atoms with Crippen molar-refractivity contribution in [2.24, 2.45) is 13.0 Å². The molecule has 0 fully saturated rings. The maximum atomic E-state index is 9.54. The van der Waals surface area contributed by atoms with Crippen LogP contribution >= 0.6 is 0 Å². The first-order valence-electron chi connectivity index (χ1n) is 4.97. The van der Waals surface area contributed by atoms with Crippen LogP contribution in [0.25, 0.3) is 0 Å². The number of aliphatic hydroxyl groups excluding tert-OH is 1. The fraction of sp³-hybridized carbons (Fsp3) is 0.700. The molecule has 1 aromatic heterocycles. The third-order valence-electron chi connectivity index (χ3n) is 2.35. The average Bonchev–Trinajstić information content (AvgIpc) is 2.51. The Kier molecular flexibility index (Phi) is 4.10. The van der Waals surface area contributed by atoms with E-state index in [4.69, 9.17) is 0 Å². The predicted molar refractivity (Wildman–Crippen MR) is 55.8 cm³/mol. The van der Waals surface area contributed by atoms with Crippen LogP contribution in [-0.2, 0) is 13.6 Å². The number of hydrogen-bond acceptors (Lipinski definition) is 3. The number of nitrogens with zero attached hydrogens (tertiary/aromatic N) is 2. The molecule has 1 atom stereocenters. The van der Waals surface area contributed by atoms with Gasteiger partial charge >= 0.3 is 0 Å². The van der Waals surface area contributed by atoms with Crippen LogP contribution in [0, 0.1) is 5.92 Å². The van der Waals surface area contributed by atoms with Crippen molar-refractivity contribution in [3.8, 4) is 0 Å². The summed E-state index contributed by atoms with van der Waals surface area (Å²) in [5.74, 6) is 0.300. The van der Waals surface area contributed by atoms with Crippen LogP contribution in [0.2, 0.25) is 0 Å². The number of aryl methyl sites for hydroxylation is 1. The van der Waals surface area contributed by atoms with Crippen LogP contribution in [-0.4, -0.2) is 27.5 Å². The van der Waals surface area contributed by atoms with Crippen LogP contribution < -0.4 is 5.32 Å². The molecule has 0 aliphatic carbocycles. The number of aliphatic hydroxyl groups is 1. The van der Waals surface area contributed by atoms with E-state index < -0.39 is 0 Å². The molecule has 0 saturated carbocycles. The Morgan fingerprint density at radius 3 is 2.79 bits per heavy atom. The largest absolute Gasteiger partial charge is 0.392 e. The van der Waals surface area contributed by atoms with Gasteiger partial charge in [0.05, 0.1) is 11.8 Å². The van der Waals surface area contributed by atoms with Gasteiger partial charge in [-0.3, -0.25) is 4.68 Å². The molecule has 1 heterocycles. The summed E-state index contributed by atoms with van der Waals surface area (Å²) < 4.78 is 1.83. The van der Waals surface area contributed by atoms with Gasteiger partial charge in [0.15, 0.2) is 0 Å². The van der Waals surface area contributed by atoms with E-state index >= 15 is 0 Å². The van der Waals surface area contributed by atoms with Crippen molar-refractivity contribution >= 4 is 0 Å². The van der Waals surface area contributed by atoms with E-state index in [0.29, 0.717) is 12.5 Å². The van der Waals surface area contributed by atoms with Crippen molar-refractivity contribution in [3.63, 3.8) is 0 Å². The Labute approximate surface area is 84.9 Å². The first kappa shape index (κ1) is 11.2. The van der Waals surface area contributed by atoms with Gasteiger partial charge in [0.1, 0.15) is 0 Å². The van der Waals surface area contributed by atoms with Gasteiger partial charge in [-0.2, -0.15) is 5.10 Å². The SMILES string of the molecule is CC(C)C(O)CNCc1ccnn1C. The second-order valence-corrected chi connectivity index (χ2v) is 3.89. The molecule has 1 aromatic rings. The number of aromatic nitrogens is 2. The third kappa shape index (κ3) is 3.12. The van der Waals surface area contributed by atoms with Crippen molar-refractivity contribution in [3.05, 3.63) is 18.0 Å². The first-order chi connectivity index (χ1) is 6.61. The number of nitrogens with one attached hydrogen (secondary N) is 1. The van der Waals surface area contributed by atoms with E-state index in [1.807, 2.05) is 31.6 Å². The van der Waals surface area contributed by atoms with Gasteiger partial charge in [-0.1, -0.05) is 13.8 Å². The van der Waals surface area contributed by atoms with E-state index in [1.165, 1.54) is 0 Å². The molecule has 0 aliphatic rings. The average molecular weight is 197 g/mol. The van der Waals surface area contributed by atoms with Gasteiger partial charge < -0.3 is 10.4 Å². The molecule has 0 saturated heterocycles. The summed E-state index contributed by atoms with van der Waals surface area (Å²) in [5, 5.41) is 16.8. The lowest BCUT2D eigenvalue weighted by Crippen LogP contribution is -2.30. The number of hydrogen-bond donors (Lipinski definition) is 2. The van der Waals surface area contributed by atoms with Crippen molar-refractivity contribution in [2.45, 2.75) is 26.5 Å². The summed E-state index contributed by atoms with van der Waals surface area (Å²) in [6, 6.07) is 1.97. The lowest BCUT2D eigenvalue weighted by molar-refractivity contribution is 0.123. The molecule has 1 unspecified atom stereocenters. The predicted octanol–water partition coefficient (Wildman–Crippen LogP) is 0.527. The monoisotopic (exact) mass is 197 g/mol. The smallest absolute Gasteiger partial charge is 0.0687 e. The van der Waals surface area contributed by atoms with Crippen molar-refractivity contribution < 1.29 is 5.11 Å². The Hall–Kier alpha value is -0.870. The van der Waals surface area contributed by atoms with Crippen LogP contribution in [0.4, 0.5) is 0 Å². The summed E-state index contributed by atoms with van der Waals surface area (Å²) in [7, 11) is 1.91. The first-order valence-corrected chi connectivity index (χ1v) is 4.97. The summed E-state index contributed by atoms with van der Waals surface area (Å²) in [6.45, 7) is 5.40. The highest BCUT2D eigenvalue weighted by molar-refractivity contribution is 4.99. The maximum absolute atomic E-state index is 9.54. The third-order valence-corrected chi connectivity index (χ3v) is 2.35. The summed E-state index contributed by atoms with van der Waals surface area (Å²) >= 11 is 0. The van der Waals surface area contributed by atoms with Crippen molar-refractivity contribution in [1.82, 2.24) is 15.1 Å². The Morgan fingerprint density at radius 1 is 1.57 bits per heavy atom. The van der Waals surface area contributed by atoms with Crippen LogP contribution in [0.5, 0.6) is 0 Å². The highest BCUT2D eigenvalue weighted by Gasteiger charge is 2.08. The topological polar surface area (TPSA) is 50.1 Å². The van der Waals surface area contributed by atoms with Gasteiger partial charge in [0, 0.05) is 26.3 Å². The minimum Gasteiger partial charge on any atom is -0.392 e. The van der Waals surface area contributed by atoms with Crippen LogP contribution in [0.1, 0.15) is 19.5 Å². The molecule has 0 aliphatic heterocycles.